The van der Waals surface area contributed by atoms with Crippen molar-refractivity contribution in [1.29, 1.82) is 0 Å². The third kappa shape index (κ3) is 2.55. The molecule has 0 fully saturated rings. The quantitative estimate of drug-likeness (QED) is 0.745. The molecule has 0 bridgehead atoms. The Morgan fingerprint density at radius 2 is 1.71 bits per heavy atom. The topological polar surface area (TPSA) is 9.23 Å². The first-order valence-corrected chi connectivity index (χ1v) is 5.43. The summed E-state index contributed by atoms with van der Waals surface area (Å²) in [5.41, 5.74) is 1.13. The summed E-state index contributed by atoms with van der Waals surface area (Å²) in [5, 5.41) is 1.17. The Morgan fingerprint density at radius 1 is 1.21 bits per heavy atom. The van der Waals surface area contributed by atoms with Crippen LogP contribution < -0.4 is 4.74 Å². The largest absolute Gasteiger partial charge is 0.491 e. The summed E-state index contributed by atoms with van der Waals surface area (Å²) < 4.78 is 5.34. The highest BCUT2D eigenvalue weighted by Crippen LogP contribution is 2.36. The van der Waals surface area contributed by atoms with Crippen molar-refractivity contribution in [2.75, 3.05) is 6.61 Å². The van der Waals surface area contributed by atoms with Crippen molar-refractivity contribution in [3.8, 4) is 5.75 Å². The summed E-state index contributed by atoms with van der Waals surface area (Å²) in [5.74, 6) is 1.00. The number of hydrogen-bond acceptors (Lipinski definition) is 1. The molecular weight excluding hydrogens is 219 g/mol. The summed E-state index contributed by atoms with van der Waals surface area (Å²) >= 11 is 12.1. The van der Waals surface area contributed by atoms with Crippen molar-refractivity contribution in [3.63, 3.8) is 0 Å². The fourth-order valence-corrected chi connectivity index (χ4v) is 1.81. The zero-order valence-electron chi connectivity index (χ0n) is 8.60. The normalized spacial score (nSPS) is 10.7. The fraction of sp³-hybridized carbons (Fsp3) is 0.455. The highest BCUT2D eigenvalue weighted by molar-refractivity contribution is 6.37. The van der Waals surface area contributed by atoms with E-state index >= 15 is 0 Å². The van der Waals surface area contributed by atoms with E-state index in [0.29, 0.717) is 28.3 Å². The smallest absolute Gasteiger partial charge is 0.156 e. The molecule has 0 atom stereocenters. The zero-order valence-corrected chi connectivity index (χ0v) is 10.1. The van der Waals surface area contributed by atoms with Crippen LogP contribution in [0.4, 0.5) is 0 Å². The fourth-order valence-electron chi connectivity index (χ4n) is 1.20. The molecule has 1 aromatic carbocycles. The molecule has 0 radical (unpaired) electrons. The van der Waals surface area contributed by atoms with Crippen LogP contribution in [0.15, 0.2) is 12.1 Å². The minimum absolute atomic E-state index is 0.417. The second-order valence-electron chi connectivity index (χ2n) is 3.40. The van der Waals surface area contributed by atoms with E-state index in [2.05, 4.69) is 13.8 Å². The van der Waals surface area contributed by atoms with Crippen LogP contribution in [0.25, 0.3) is 0 Å². The lowest BCUT2D eigenvalue weighted by atomic mass is 10.0. The van der Waals surface area contributed by atoms with Gasteiger partial charge in [-0.25, -0.2) is 0 Å². The van der Waals surface area contributed by atoms with Gasteiger partial charge < -0.3 is 4.74 Å². The maximum atomic E-state index is 6.05. The van der Waals surface area contributed by atoms with Crippen molar-refractivity contribution in [1.82, 2.24) is 0 Å². The molecule has 0 spiro atoms. The SMILES string of the molecule is CCOc1c(Cl)cc(C(C)C)cc1Cl. The number of rotatable bonds is 3. The van der Waals surface area contributed by atoms with Crippen LogP contribution >= 0.6 is 23.2 Å². The average molecular weight is 233 g/mol. The maximum Gasteiger partial charge on any atom is 0.156 e. The molecule has 0 N–H and O–H groups in total. The first-order valence-electron chi connectivity index (χ1n) is 4.68. The van der Waals surface area contributed by atoms with Gasteiger partial charge in [-0.1, -0.05) is 37.0 Å². The van der Waals surface area contributed by atoms with E-state index in [1.165, 1.54) is 0 Å². The summed E-state index contributed by atoms with van der Waals surface area (Å²) in [7, 11) is 0. The molecule has 0 aliphatic carbocycles. The zero-order chi connectivity index (χ0) is 10.7. The van der Waals surface area contributed by atoms with Crippen LogP contribution in [0, 0.1) is 0 Å². The van der Waals surface area contributed by atoms with Gasteiger partial charge in [0.05, 0.1) is 16.7 Å². The van der Waals surface area contributed by atoms with Crippen LogP contribution in [0.1, 0.15) is 32.3 Å². The van der Waals surface area contributed by atoms with Crippen LogP contribution in [0.3, 0.4) is 0 Å². The molecule has 0 heterocycles. The van der Waals surface area contributed by atoms with Gasteiger partial charge in [0.1, 0.15) is 0 Å². The Labute approximate surface area is 95.0 Å². The third-order valence-electron chi connectivity index (χ3n) is 1.98. The minimum Gasteiger partial charge on any atom is -0.491 e. The molecule has 1 aromatic rings. The Hall–Kier alpha value is -0.400. The molecule has 0 saturated carbocycles. The summed E-state index contributed by atoms with van der Waals surface area (Å²) in [4.78, 5) is 0. The molecule has 0 aromatic heterocycles. The number of halogens is 2. The standard InChI is InChI=1S/C11H14Cl2O/c1-4-14-11-9(12)5-8(7(2)3)6-10(11)13/h5-7H,4H2,1-3H3. The van der Waals surface area contributed by atoms with Crippen LogP contribution in [0.5, 0.6) is 5.75 Å². The molecule has 0 unspecified atom stereocenters. The molecule has 0 aliphatic rings. The van der Waals surface area contributed by atoms with Crippen molar-refractivity contribution in [2.45, 2.75) is 26.7 Å². The van der Waals surface area contributed by atoms with Crippen LogP contribution in [-0.4, -0.2) is 6.61 Å². The molecule has 0 saturated heterocycles. The average Bonchev–Trinajstić information content (AvgIpc) is 2.10. The molecular formula is C11H14Cl2O. The van der Waals surface area contributed by atoms with Crippen LogP contribution in [0.2, 0.25) is 10.0 Å². The van der Waals surface area contributed by atoms with E-state index in [-0.39, 0.29) is 0 Å². The highest BCUT2D eigenvalue weighted by Gasteiger charge is 2.10. The monoisotopic (exact) mass is 232 g/mol. The van der Waals surface area contributed by atoms with Crippen LogP contribution in [-0.2, 0) is 0 Å². The van der Waals surface area contributed by atoms with Gasteiger partial charge in [0, 0.05) is 0 Å². The first kappa shape index (κ1) is 11.7. The Balaban J connectivity index is 3.11. The van der Waals surface area contributed by atoms with E-state index in [4.69, 9.17) is 27.9 Å². The number of ether oxygens (including phenoxy) is 1. The van der Waals surface area contributed by atoms with Gasteiger partial charge in [-0.05, 0) is 30.5 Å². The summed E-state index contributed by atoms with van der Waals surface area (Å²) in [6, 6.07) is 3.81. The van der Waals surface area contributed by atoms with Crippen molar-refractivity contribution < 1.29 is 4.74 Å². The maximum absolute atomic E-state index is 6.05. The van der Waals surface area contributed by atoms with Crippen molar-refractivity contribution in [2.24, 2.45) is 0 Å². The Morgan fingerprint density at radius 3 is 2.07 bits per heavy atom. The van der Waals surface area contributed by atoms with Gasteiger partial charge in [0.25, 0.3) is 0 Å². The molecule has 1 nitrogen and oxygen atoms in total. The van der Waals surface area contributed by atoms with Gasteiger partial charge in [-0.15, -0.1) is 0 Å². The Bertz CT molecular complexity index is 298. The van der Waals surface area contributed by atoms with Gasteiger partial charge in [-0.3, -0.25) is 0 Å². The number of benzene rings is 1. The van der Waals surface area contributed by atoms with Gasteiger partial charge in [0.15, 0.2) is 5.75 Å². The minimum atomic E-state index is 0.417. The van der Waals surface area contributed by atoms with Gasteiger partial charge in [0.2, 0.25) is 0 Å². The van der Waals surface area contributed by atoms with E-state index in [9.17, 15) is 0 Å². The first-order chi connectivity index (χ1) is 6.56. The third-order valence-corrected chi connectivity index (χ3v) is 2.54. The summed E-state index contributed by atoms with van der Waals surface area (Å²) in [6.07, 6.45) is 0. The molecule has 14 heavy (non-hydrogen) atoms. The van der Waals surface area contributed by atoms with Crippen molar-refractivity contribution in [3.05, 3.63) is 27.7 Å². The highest BCUT2D eigenvalue weighted by atomic mass is 35.5. The van der Waals surface area contributed by atoms with Crippen molar-refractivity contribution >= 4 is 23.2 Å². The van der Waals surface area contributed by atoms with E-state index in [1.807, 2.05) is 19.1 Å². The molecule has 0 amide bonds. The lowest BCUT2D eigenvalue weighted by molar-refractivity contribution is 0.340. The van der Waals surface area contributed by atoms with E-state index in [1.54, 1.807) is 0 Å². The molecule has 78 valence electrons. The lowest BCUT2D eigenvalue weighted by Gasteiger charge is -2.12. The second-order valence-corrected chi connectivity index (χ2v) is 4.22. The molecule has 0 aliphatic heterocycles. The predicted octanol–water partition coefficient (Wildman–Crippen LogP) is 4.52. The van der Waals surface area contributed by atoms with Gasteiger partial charge in [-0.2, -0.15) is 0 Å². The Kier molecular flexibility index (Phi) is 4.09. The predicted molar refractivity (Wildman–Crippen MR) is 61.7 cm³/mol. The number of hydrogen-bond donors (Lipinski definition) is 0. The lowest BCUT2D eigenvalue weighted by Crippen LogP contribution is -1.95. The molecule has 3 heteroatoms. The summed E-state index contributed by atoms with van der Waals surface area (Å²) in [6.45, 7) is 6.67. The van der Waals surface area contributed by atoms with Gasteiger partial charge >= 0.3 is 0 Å². The second kappa shape index (κ2) is 4.90. The van der Waals surface area contributed by atoms with E-state index in [0.717, 1.165) is 5.56 Å². The van der Waals surface area contributed by atoms with E-state index < -0.39 is 0 Å². The molecule has 1 rings (SSSR count).